The van der Waals surface area contributed by atoms with Crippen molar-refractivity contribution >= 4 is 15.7 Å². The number of hydrogen-bond donors (Lipinski definition) is 1. The highest BCUT2D eigenvalue weighted by molar-refractivity contribution is 7.90. The lowest BCUT2D eigenvalue weighted by molar-refractivity contribution is -0.130. The first-order valence-electron chi connectivity index (χ1n) is 5.46. The van der Waals surface area contributed by atoms with Crippen LogP contribution in [0.4, 0.5) is 0 Å². The van der Waals surface area contributed by atoms with Crippen LogP contribution in [0.2, 0.25) is 0 Å². The summed E-state index contributed by atoms with van der Waals surface area (Å²) in [6.45, 7) is 6.10. The second-order valence-corrected chi connectivity index (χ2v) is 6.99. The molecule has 1 saturated heterocycles. The summed E-state index contributed by atoms with van der Waals surface area (Å²) in [4.78, 5) is 13.5. The zero-order valence-electron chi connectivity index (χ0n) is 10.2. The van der Waals surface area contributed by atoms with E-state index in [1.54, 1.807) is 4.90 Å². The Hall–Kier alpha value is -0.620. The van der Waals surface area contributed by atoms with Gasteiger partial charge in [-0.25, -0.2) is 8.42 Å². The topological polar surface area (TPSA) is 66.5 Å². The minimum Gasteiger partial charge on any atom is -0.325 e. The van der Waals surface area contributed by atoms with Gasteiger partial charge in [0.25, 0.3) is 0 Å². The van der Waals surface area contributed by atoms with E-state index in [0.29, 0.717) is 0 Å². The zero-order valence-corrected chi connectivity index (χ0v) is 11.0. The molecule has 1 aliphatic rings. The maximum atomic E-state index is 11.9. The molecule has 2 atom stereocenters. The van der Waals surface area contributed by atoms with Crippen LogP contribution in [-0.2, 0) is 14.6 Å². The largest absolute Gasteiger partial charge is 0.325 e. The van der Waals surface area contributed by atoms with Crippen LogP contribution in [0.3, 0.4) is 0 Å². The van der Waals surface area contributed by atoms with Crippen molar-refractivity contribution < 1.29 is 13.2 Å². The summed E-state index contributed by atoms with van der Waals surface area (Å²) in [5, 5.41) is 3.17. The summed E-state index contributed by atoms with van der Waals surface area (Å²) < 4.78 is 22.1. The van der Waals surface area contributed by atoms with Crippen molar-refractivity contribution in [1.82, 2.24) is 10.2 Å². The third kappa shape index (κ3) is 3.18. The molecule has 16 heavy (non-hydrogen) atoms. The van der Waals surface area contributed by atoms with Gasteiger partial charge in [-0.05, 0) is 12.8 Å². The lowest BCUT2D eigenvalue weighted by Crippen LogP contribution is -2.38. The van der Waals surface area contributed by atoms with Crippen LogP contribution < -0.4 is 5.32 Å². The fourth-order valence-electron chi connectivity index (χ4n) is 1.84. The second-order valence-electron chi connectivity index (χ2n) is 4.73. The van der Waals surface area contributed by atoms with Gasteiger partial charge in [-0.1, -0.05) is 13.8 Å². The van der Waals surface area contributed by atoms with Gasteiger partial charge in [-0.2, -0.15) is 0 Å². The molecule has 1 N–H and O–H groups in total. The maximum Gasteiger partial charge on any atom is 0.241 e. The number of nitrogens with one attached hydrogen (secondary N) is 1. The molecule has 0 aromatic carbocycles. The highest BCUT2D eigenvalue weighted by Gasteiger charge is 2.37. The van der Waals surface area contributed by atoms with E-state index in [1.165, 1.54) is 6.26 Å². The quantitative estimate of drug-likeness (QED) is 0.750. The number of carbonyl (C=O) groups is 1. The summed E-state index contributed by atoms with van der Waals surface area (Å²) in [6, 6.07) is -0.186. The SMILES string of the molecule is CC(C)C1NC(C)N(CCS(C)(=O)=O)C1=O. The molecular weight excluding hydrogens is 228 g/mol. The molecule has 1 fully saturated rings. The van der Waals surface area contributed by atoms with Crippen LogP contribution in [0.25, 0.3) is 0 Å². The summed E-state index contributed by atoms with van der Waals surface area (Å²) in [5.41, 5.74) is 0. The van der Waals surface area contributed by atoms with Crippen LogP contribution in [-0.4, -0.2) is 50.0 Å². The number of hydrogen-bond acceptors (Lipinski definition) is 4. The first-order chi connectivity index (χ1) is 7.22. The third-order valence-corrected chi connectivity index (χ3v) is 3.73. The number of rotatable bonds is 4. The predicted molar refractivity (Wildman–Crippen MR) is 62.6 cm³/mol. The molecule has 0 aromatic heterocycles. The molecule has 0 spiro atoms. The first-order valence-corrected chi connectivity index (χ1v) is 7.52. The summed E-state index contributed by atoms with van der Waals surface area (Å²) in [5.74, 6) is 0.250. The van der Waals surface area contributed by atoms with E-state index in [1.807, 2.05) is 20.8 Å². The minimum atomic E-state index is -3.02. The van der Waals surface area contributed by atoms with Crippen molar-refractivity contribution in [3.05, 3.63) is 0 Å². The van der Waals surface area contributed by atoms with Crippen molar-refractivity contribution in [3.8, 4) is 0 Å². The number of amides is 1. The highest BCUT2D eigenvalue weighted by Crippen LogP contribution is 2.16. The smallest absolute Gasteiger partial charge is 0.241 e. The molecule has 1 rings (SSSR count). The minimum absolute atomic E-state index is 0.00569. The third-order valence-electron chi connectivity index (χ3n) is 2.81. The van der Waals surface area contributed by atoms with Gasteiger partial charge < -0.3 is 4.90 Å². The van der Waals surface area contributed by atoms with Crippen LogP contribution in [0.15, 0.2) is 0 Å². The average Bonchev–Trinajstić information content (AvgIpc) is 2.38. The monoisotopic (exact) mass is 248 g/mol. The molecule has 0 aromatic rings. The van der Waals surface area contributed by atoms with E-state index in [9.17, 15) is 13.2 Å². The van der Waals surface area contributed by atoms with E-state index in [4.69, 9.17) is 0 Å². The molecule has 1 aliphatic heterocycles. The van der Waals surface area contributed by atoms with Crippen LogP contribution in [0.1, 0.15) is 20.8 Å². The molecule has 2 unspecified atom stereocenters. The van der Waals surface area contributed by atoms with Crippen molar-refractivity contribution in [2.75, 3.05) is 18.6 Å². The molecule has 0 radical (unpaired) electrons. The molecule has 0 bridgehead atoms. The molecule has 0 saturated carbocycles. The molecule has 5 nitrogen and oxygen atoms in total. The Labute approximate surface area is 97.1 Å². The fraction of sp³-hybridized carbons (Fsp3) is 0.900. The Bertz CT molecular complexity index is 364. The Morgan fingerprint density at radius 2 is 2.00 bits per heavy atom. The van der Waals surface area contributed by atoms with Crippen LogP contribution >= 0.6 is 0 Å². The predicted octanol–water partition coefficient (Wildman–Crippen LogP) is -0.167. The highest BCUT2D eigenvalue weighted by atomic mass is 32.2. The van der Waals surface area contributed by atoms with Crippen molar-refractivity contribution in [2.24, 2.45) is 5.92 Å². The van der Waals surface area contributed by atoms with Gasteiger partial charge in [0.15, 0.2) is 0 Å². The van der Waals surface area contributed by atoms with Crippen molar-refractivity contribution in [1.29, 1.82) is 0 Å². The lowest BCUT2D eigenvalue weighted by Gasteiger charge is -2.20. The van der Waals surface area contributed by atoms with Gasteiger partial charge in [-0.3, -0.25) is 10.1 Å². The van der Waals surface area contributed by atoms with Gasteiger partial charge >= 0.3 is 0 Å². The molecule has 94 valence electrons. The summed E-state index contributed by atoms with van der Waals surface area (Å²) >= 11 is 0. The van der Waals surface area contributed by atoms with E-state index in [0.717, 1.165) is 0 Å². The van der Waals surface area contributed by atoms with Gasteiger partial charge in [0.2, 0.25) is 5.91 Å². The van der Waals surface area contributed by atoms with Crippen molar-refractivity contribution in [3.63, 3.8) is 0 Å². The van der Waals surface area contributed by atoms with Gasteiger partial charge in [0.05, 0.1) is 18.0 Å². The summed E-state index contributed by atoms with van der Waals surface area (Å²) in [6.07, 6.45) is 1.10. The van der Waals surface area contributed by atoms with Gasteiger partial charge in [0, 0.05) is 12.8 Å². The first kappa shape index (κ1) is 13.4. The lowest BCUT2D eigenvalue weighted by atomic mass is 10.1. The molecular formula is C10H20N2O3S. The number of sulfone groups is 1. The van der Waals surface area contributed by atoms with E-state index in [-0.39, 0.29) is 36.3 Å². The Balaban J connectivity index is 2.65. The fourth-order valence-corrected chi connectivity index (χ4v) is 2.36. The van der Waals surface area contributed by atoms with E-state index < -0.39 is 9.84 Å². The molecule has 1 heterocycles. The average molecular weight is 248 g/mol. The Morgan fingerprint density at radius 1 is 1.44 bits per heavy atom. The van der Waals surface area contributed by atoms with E-state index in [2.05, 4.69) is 5.32 Å². The van der Waals surface area contributed by atoms with E-state index >= 15 is 0 Å². The number of nitrogens with zero attached hydrogens (tertiary/aromatic N) is 1. The molecule has 1 amide bonds. The van der Waals surface area contributed by atoms with Gasteiger partial charge in [-0.15, -0.1) is 0 Å². The van der Waals surface area contributed by atoms with Crippen LogP contribution in [0, 0.1) is 5.92 Å². The zero-order chi connectivity index (χ0) is 12.5. The van der Waals surface area contributed by atoms with Crippen molar-refractivity contribution in [2.45, 2.75) is 33.0 Å². The molecule has 0 aliphatic carbocycles. The maximum absolute atomic E-state index is 11.9. The second kappa shape index (κ2) is 4.71. The standard InChI is InChI=1S/C10H20N2O3S/c1-7(2)9-10(13)12(8(3)11-9)5-6-16(4,14)15/h7-9,11H,5-6H2,1-4H3. The normalized spacial score (nSPS) is 26.8. The van der Waals surface area contributed by atoms with Crippen LogP contribution in [0.5, 0.6) is 0 Å². The Kier molecular flexibility index (Phi) is 3.96. The Morgan fingerprint density at radius 3 is 2.38 bits per heavy atom. The molecule has 6 heteroatoms. The number of carbonyl (C=O) groups excluding carboxylic acids is 1. The van der Waals surface area contributed by atoms with Gasteiger partial charge in [0.1, 0.15) is 9.84 Å². The summed E-state index contributed by atoms with van der Waals surface area (Å²) in [7, 11) is -3.02.